The molecule has 3 aromatic rings. The summed E-state index contributed by atoms with van der Waals surface area (Å²) in [6.07, 6.45) is 9.59. The van der Waals surface area contributed by atoms with Crippen LogP contribution in [0.3, 0.4) is 0 Å². The first-order valence-corrected chi connectivity index (χ1v) is 9.40. The number of esters is 1. The van der Waals surface area contributed by atoms with Gasteiger partial charge in [0.2, 0.25) is 5.76 Å². The highest BCUT2D eigenvalue weighted by atomic mass is 16.5. The van der Waals surface area contributed by atoms with Crippen molar-refractivity contribution in [3.63, 3.8) is 0 Å². The van der Waals surface area contributed by atoms with Gasteiger partial charge in [0.1, 0.15) is 5.76 Å². The van der Waals surface area contributed by atoms with E-state index in [0.29, 0.717) is 17.5 Å². The molecule has 27 heavy (non-hydrogen) atoms. The van der Waals surface area contributed by atoms with Gasteiger partial charge >= 0.3 is 5.97 Å². The summed E-state index contributed by atoms with van der Waals surface area (Å²) in [5.41, 5.74) is 2.35. The maximum Gasteiger partial charge on any atom is 0.379 e. The number of aryl methyl sites for hydroxylation is 1. The second kappa shape index (κ2) is 7.74. The molecule has 1 aliphatic rings. The minimum Gasteiger partial charge on any atom is -0.454 e. The highest BCUT2D eigenvalue weighted by molar-refractivity contribution is 5.88. The second-order valence-electron chi connectivity index (χ2n) is 7.00. The van der Waals surface area contributed by atoms with Gasteiger partial charge in [0.15, 0.2) is 11.6 Å². The number of carbonyl (C=O) groups excluding carboxylic acids is 1. The van der Waals surface area contributed by atoms with Crippen LogP contribution in [-0.2, 0) is 0 Å². The van der Waals surface area contributed by atoms with Crippen molar-refractivity contribution in [1.82, 2.24) is 9.97 Å². The van der Waals surface area contributed by atoms with E-state index in [1.165, 1.54) is 50.1 Å². The SMILES string of the molecule is Cc1ccc(C(=O)Oc2cnc(-c3ccc(C4CCCCC4)cc3)nc2)o1. The number of rotatable bonds is 4. The van der Waals surface area contributed by atoms with Crippen molar-refractivity contribution in [2.24, 2.45) is 0 Å². The topological polar surface area (TPSA) is 65.2 Å². The third-order valence-electron chi connectivity index (χ3n) is 5.03. The van der Waals surface area contributed by atoms with E-state index >= 15 is 0 Å². The molecule has 5 heteroatoms. The fourth-order valence-corrected chi connectivity index (χ4v) is 3.56. The van der Waals surface area contributed by atoms with E-state index in [1.807, 2.05) is 0 Å². The van der Waals surface area contributed by atoms with E-state index in [9.17, 15) is 4.79 Å². The molecule has 0 atom stereocenters. The Bertz CT molecular complexity index is 907. The summed E-state index contributed by atoms with van der Waals surface area (Å²) in [5.74, 6) is 1.84. The molecule has 0 unspecified atom stereocenters. The van der Waals surface area contributed by atoms with Crippen molar-refractivity contribution >= 4 is 5.97 Å². The van der Waals surface area contributed by atoms with Crippen LogP contribution < -0.4 is 4.74 Å². The Morgan fingerprint density at radius 1 is 1.00 bits per heavy atom. The Kier molecular flexibility index (Phi) is 5.01. The predicted molar refractivity (Wildman–Crippen MR) is 102 cm³/mol. The van der Waals surface area contributed by atoms with Gasteiger partial charge in [-0.05, 0) is 43.4 Å². The van der Waals surface area contributed by atoms with E-state index in [-0.39, 0.29) is 11.5 Å². The lowest BCUT2D eigenvalue weighted by Gasteiger charge is -2.22. The Balaban J connectivity index is 1.43. The molecule has 2 aromatic heterocycles. The van der Waals surface area contributed by atoms with Crippen LogP contribution in [0.15, 0.2) is 53.2 Å². The third-order valence-corrected chi connectivity index (χ3v) is 5.03. The first-order valence-electron chi connectivity index (χ1n) is 9.40. The molecule has 1 fully saturated rings. The lowest BCUT2D eigenvalue weighted by atomic mass is 9.84. The molecule has 0 saturated heterocycles. The van der Waals surface area contributed by atoms with Crippen LogP contribution in [0.2, 0.25) is 0 Å². The first kappa shape index (κ1) is 17.5. The van der Waals surface area contributed by atoms with Crippen molar-refractivity contribution in [3.05, 3.63) is 65.9 Å². The second-order valence-corrected chi connectivity index (χ2v) is 7.00. The smallest absolute Gasteiger partial charge is 0.379 e. The van der Waals surface area contributed by atoms with Crippen molar-refractivity contribution in [3.8, 4) is 17.1 Å². The number of benzene rings is 1. The minimum absolute atomic E-state index is 0.162. The highest BCUT2D eigenvalue weighted by Crippen LogP contribution is 2.33. The Hall–Kier alpha value is -2.95. The largest absolute Gasteiger partial charge is 0.454 e. The van der Waals surface area contributed by atoms with Gasteiger partial charge in [0, 0.05) is 5.56 Å². The van der Waals surface area contributed by atoms with Crippen molar-refractivity contribution < 1.29 is 13.9 Å². The summed E-state index contributed by atoms with van der Waals surface area (Å²) >= 11 is 0. The molecule has 0 radical (unpaired) electrons. The molecule has 0 aliphatic heterocycles. The van der Waals surface area contributed by atoms with Gasteiger partial charge in [-0.1, -0.05) is 43.5 Å². The highest BCUT2D eigenvalue weighted by Gasteiger charge is 2.16. The summed E-state index contributed by atoms with van der Waals surface area (Å²) < 4.78 is 10.5. The summed E-state index contributed by atoms with van der Waals surface area (Å²) in [7, 11) is 0. The molecule has 5 nitrogen and oxygen atoms in total. The van der Waals surface area contributed by atoms with Gasteiger partial charge in [-0.15, -0.1) is 0 Å². The average molecular weight is 362 g/mol. The minimum atomic E-state index is -0.559. The zero-order valence-corrected chi connectivity index (χ0v) is 15.4. The molecule has 0 N–H and O–H groups in total. The molecule has 0 bridgehead atoms. The van der Waals surface area contributed by atoms with Gasteiger partial charge in [0.25, 0.3) is 0 Å². The summed E-state index contributed by atoms with van der Waals surface area (Å²) in [6, 6.07) is 11.8. The lowest BCUT2D eigenvalue weighted by Crippen LogP contribution is -2.08. The summed E-state index contributed by atoms with van der Waals surface area (Å²) in [6.45, 7) is 1.77. The normalized spacial score (nSPS) is 14.9. The number of aromatic nitrogens is 2. The van der Waals surface area contributed by atoms with Crippen LogP contribution in [0.5, 0.6) is 5.75 Å². The number of carbonyl (C=O) groups is 1. The van der Waals surface area contributed by atoms with E-state index in [0.717, 1.165) is 5.56 Å². The number of ether oxygens (including phenoxy) is 1. The Labute approximate surface area is 158 Å². The zero-order valence-electron chi connectivity index (χ0n) is 15.4. The van der Waals surface area contributed by atoms with Gasteiger partial charge in [-0.25, -0.2) is 14.8 Å². The van der Waals surface area contributed by atoms with Crippen molar-refractivity contribution in [2.75, 3.05) is 0 Å². The monoisotopic (exact) mass is 362 g/mol. The van der Waals surface area contributed by atoms with Crippen LogP contribution in [0.4, 0.5) is 0 Å². The molecule has 1 saturated carbocycles. The average Bonchev–Trinajstić information content (AvgIpc) is 3.16. The molecule has 0 spiro atoms. The maximum absolute atomic E-state index is 12.0. The molecule has 1 aliphatic carbocycles. The van der Waals surface area contributed by atoms with Crippen molar-refractivity contribution in [2.45, 2.75) is 44.9 Å². The Morgan fingerprint density at radius 3 is 2.33 bits per heavy atom. The van der Waals surface area contributed by atoms with Crippen LogP contribution in [-0.4, -0.2) is 15.9 Å². The van der Waals surface area contributed by atoms with Crippen LogP contribution in [0.25, 0.3) is 11.4 Å². The molecule has 4 rings (SSSR count). The standard InChI is InChI=1S/C22H22N2O3/c1-15-7-12-20(26-15)22(25)27-19-13-23-21(24-14-19)18-10-8-17(9-11-18)16-5-3-2-4-6-16/h7-14,16H,2-6H2,1H3. The van der Waals surface area contributed by atoms with E-state index in [2.05, 4.69) is 34.2 Å². The molecule has 0 amide bonds. The fraction of sp³-hybridized carbons (Fsp3) is 0.318. The van der Waals surface area contributed by atoms with E-state index in [1.54, 1.807) is 19.1 Å². The van der Waals surface area contributed by atoms with Gasteiger partial charge in [-0.3, -0.25) is 0 Å². The Morgan fingerprint density at radius 2 is 1.70 bits per heavy atom. The lowest BCUT2D eigenvalue weighted by molar-refractivity contribution is 0.0698. The van der Waals surface area contributed by atoms with Crippen molar-refractivity contribution in [1.29, 1.82) is 0 Å². The molecule has 138 valence electrons. The first-order chi connectivity index (χ1) is 13.2. The number of hydrogen-bond acceptors (Lipinski definition) is 5. The maximum atomic E-state index is 12.0. The summed E-state index contributed by atoms with van der Waals surface area (Å²) in [4.78, 5) is 20.6. The van der Waals surface area contributed by atoms with Gasteiger partial charge in [-0.2, -0.15) is 0 Å². The van der Waals surface area contributed by atoms with E-state index in [4.69, 9.17) is 9.15 Å². The van der Waals surface area contributed by atoms with Crippen LogP contribution >= 0.6 is 0 Å². The van der Waals surface area contributed by atoms with Crippen LogP contribution in [0.1, 0.15) is 59.9 Å². The number of hydrogen-bond donors (Lipinski definition) is 0. The molecular weight excluding hydrogens is 340 g/mol. The third kappa shape index (κ3) is 4.08. The van der Waals surface area contributed by atoms with Gasteiger partial charge < -0.3 is 9.15 Å². The zero-order chi connectivity index (χ0) is 18.6. The van der Waals surface area contributed by atoms with Gasteiger partial charge in [0.05, 0.1) is 12.4 Å². The molecule has 2 heterocycles. The quantitative estimate of drug-likeness (QED) is 0.588. The number of furan rings is 1. The molecular formula is C22H22N2O3. The van der Waals surface area contributed by atoms with E-state index < -0.39 is 5.97 Å². The molecule has 1 aromatic carbocycles. The summed E-state index contributed by atoms with van der Waals surface area (Å²) in [5, 5.41) is 0. The fourth-order valence-electron chi connectivity index (χ4n) is 3.56. The predicted octanol–water partition coefficient (Wildman–Crippen LogP) is 5.31. The van der Waals surface area contributed by atoms with Crippen LogP contribution in [0, 0.1) is 6.92 Å². The number of nitrogens with zero attached hydrogens (tertiary/aromatic N) is 2.